The van der Waals surface area contributed by atoms with Gasteiger partial charge in [-0.25, -0.2) is 4.39 Å². The molecule has 1 aliphatic rings. The first-order chi connectivity index (χ1) is 12.5. The molecule has 5 heteroatoms. The molecule has 1 aromatic carbocycles. The number of rotatable bonds is 5. The van der Waals surface area contributed by atoms with Crippen molar-refractivity contribution in [1.82, 2.24) is 9.88 Å². The van der Waals surface area contributed by atoms with E-state index >= 15 is 0 Å². The van der Waals surface area contributed by atoms with E-state index < -0.39 is 0 Å². The molecule has 138 valence electrons. The zero-order chi connectivity index (χ0) is 18.7. The summed E-state index contributed by atoms with van der Waals surface area (Å²) in [5.41, 5.74) is 2.89. The van der Waals surface area contributed by atoms with Gasteiger partial charge in [0.25, 0.3) is 0 Å². The van der Waals surface area contributed by atoms with Gasteiger partial charge < -0.3 is 9.88 Å². The standard InChI is InChI=1S/C21H25FN2O2/c1-14-19(15(2)25)12-20(16-8-10-17(22)11-9-16)24(14)13-21(26)23-18-6-4-3-5-7-18/h8-12,18H,3-7,13H2,1-2H3,(H,23,26). The van der Waals surface area contributed by atoms with E-state index in [-0.39, 0.29) is 30.1 Å². The molecule has 0 bridgehead atoms. The number of ketones is 1. The van der Waals surface area contributed by atoms with Crippen LogP contribution in [-0.4, -0.2) is 22.3 Å². The highest BCUT2D eigenvalue weighted by atomic mass is 19.1. The van der Waals surface area contributed by atoms with Gasteiger partial charge in [-0.15, -0.1) is 0 Å². The lowest BCUT2D eigenvalue weighted by Gasteiger charge is -2.23. The van der Waals surface area contributed by atoms with Crippen LogP contribution in [-0.2, 0) is 11.3 Å². The SMILES string of the molecule is CC(=O)c1cc(-c2ccc(F)cc2)n(CC(=O)NC2CCCCC2)c1C. The van der Waals surface area contributed by atoms with Crippen molar-refractivity contribution in [1.29, 1.82) is 0 Å². The highest BCUT2D eigenvalue weighted by Gasteiger charge is 2.20. The van der Waals surface area contributed by atoms with Crippen molar-refractivity contribution in [2.24, 2.45) is 0 Å². The fourth-order valence-electron chi connectivity index (χ4n) is 3.73. The number of halogens is 1. The first-order valence-electron chi connectivity index (χ1n) is 9.22. The fourth-order valence-corrected chi connectivity index (χ4v) is 3.73. The molecule has 0 aliphatic heterocycles. The number of amides is 1. The molecule has 1 saturated carbocycles. The van der Waals surface area contributed by atoms with Crippen LogP contribution < -0.4 is 5.32 Å². The maximum Gasteiger partial charge on any atom is 0.240 e. The Morgan fingerprint density at radius 2 is 1.81 bits per heavy atom. The van der Waals surface area contributed by atoms with Gasteiger partial charge in [-0.05, 0) is 62.6 Å². The second-order valence-electron chi connectivity index (χ2n) is 7.08. The minimum atomic E-state index is -0.314. The topological polar surface area (TPSA) is 51.1 Å². The van der Waals surface area contributed by atoms with E-state index in [4.69, 9.17) is 0 Å². The molecule has 2 aromatic rings. The van der Waals surface area contributed by atoms with Gasteiger partial charge in [0.2, 0.25) is 5.91 Å². The van der Waals surface area contributed by atoms with Crippen LogP contribution in [0, 0.1) is 12.7 Å². The number of Topliss-reactive ketones (excluding diaryl/α,β-unsaturated/α-hetero) is 1. The molecule has 4 nitrogen and oxygen atoms in total. The van der Waals surface area contributed by atoms with E-state index in [1.807, 2.05) is 11.5 Å². The third-order valence-electron chi connectivity index (χ3n) is 5.16. The van der Waals surface area contributed by atoms with Crippen molar-refractivity contribution in [3.63, 3.8) is 0 Å². The third-order valence-corrected chi connectivity index (χ3v) is 5.16. The summed E-state index contributed by atoms with van der Waals surface area (Å²) in [7, 11) is 0. The molecule has 26 heavy (non-hydrogen) atoms. The van der Waals surface area contributed by atoms with Gasteiger partial charge in [-0.2, -0.15) is 0 Å². The number of hydrogen-bond acceptors (Lipinski definition) is 2. The number of aromatic nitrogens is 1. The quantitative estimate of drug-likeness (QED) is 0.814. The fraction of sp³-hybridized carbons (Fsp3) is 0.429. The van der Waals surface area contributed by atoms with E-state index in [2.05, 4.69) is 5.32 Å². The van der Waals surface area contributed by atoms with Crippen molar-refractivity contribution >= 4 is 11.7 Å². The third kappa shape index (κ3) is 4.03. The van der Waals surface area contributed by atoms with Crippen LogP contribution in [0.15, 0.2) is 30.3 Å². The first-order valence-corrected chi connectivity index (χ1v) is 9.22. The lowest BCUT2D eigenvalue weighted by molar-refractivity contribution is -0.122. The Labute approximate surface area is 153 Å². The Hall–Kier alpha value is -2.43. The van der Waals surface area contributed by atoms with Gasteiger partial charge >= 0.3 is 0 Å². The lowest BCUT2D eigenvalue weighted by atomic mass is 9.95. The number of carbonyl (C=O) groups is 2. The molecule has 0 spiro atoms. The maximum absolute atomic E-state index is 13.3. The van der Waals surface area contributed by atoms with Gasteiger partial charge in [0, 0.05) is 23.0 Å². The predicted molar refractivity (Wildman–Crippen MR) is 99.6 cm³/mol. The molecule has 1 aliphatic carbocycles. The van der Waals surface area contributed by atoms with Crippen molar-refractivity contribution in [2.45, 2.75) is 58.5 Å². The van der Waals surface area contributed by atoms with Crippen molar-refractivity contribution in [2.75, 3.05) is 0 Å². The molecule has 1 fully saturated rings. The van der Waals surface area contributed by atoms with E-state index in [9.17, 15) is 14.0 Å². The Bertz CT molecular complexity index is 802. The van der Waals surface area contributed by atoms with Gasteiger partial charge in [0.05, 0.1) is 0 Å². The summed E-state index contributed by atoms with van der Waals surface area (Å²) in [6.45, 7) is 3.52. The Kier molecular flexibility index (Phi) is 5.55. The van der Waals surface area contributed by atoms with Crippen LogP contribution in [0.1, 0.15) is 55.1 Å². The first kappa shape index (κ1) is 18.4. The molecule has 0 unspecified atom stereocenters. The molecular weight excluding hydrogens is 331 g/mol. The van der Waals surface area contributed by atoms with E-state index in [1.165, 1.54) is 25.5 Å². The number of nitrogens with one attached hydrogen (secondary N) is 1. The summed E-state index contributed by atoms with van der Waals surface area (Å²) in [4.78, 5) is 24.5. The number of hydrogen-bond donors (Lipinski definition) is 1. The lowest BCUT2D eigenvalue weighted by Crippen LogP contribution is -2.38. The highest BCUT2D eigenvalue weighted by Crippen LogP contribution is 2.27. The molecule has 0 atom stereocenters. The largest absolute Gasteiger partial charge is 0.352 e. The molecule has 1 aromatic heterocycles. The molecule has 1 amide bonds. The van der Waals surface area contributed by atoms with Crippen molar-refractivity contribution in [3.8, 4) is 11.3 Å². The van der Waals surface area contributed by atoms with E-state index in [0.717, 1.165) is 42.6 Å². The zero-order valence-corrected chi connectivity index (χ0v) is 15.3. The predicted octanol–water partition coefficient (Wildman–Crippen LogP) is 4.25. The van der Waals surface area contributed by atoms with Gasteiger partial charge in [-0.3, -0.25) is 9.59 Å². The minimum absolute atomic E-state index is 0.0442. The van der Waals surface area contributed by atoms with Crippen molar-refractivity contribution in [3.05, 3.63) is 47.4 Å². The minimum Gasteiger partial charge on any atom is -0.352 e. The highest BCUT2D eigenvalue weighted by molar-refractivity contribution is 5.97. The number of benzene rings is 1. The second kappa shape index (κ2) is 7.85. The van der Waals surface area contributed by atoms with Gasteiger partial charge in [0.15, 0.2) is 5.78 Å². The zero-order valence-electron chi connectivity index (χ0n) is 15.3. The maximum atomic E-state index is 13.3. The van der Waals surface area contributed by atoms with Crippen LogP contribution in [0.4, 0.5) is 4.39 Å². The monoisotopic (exact) mass is 356 g/mol. The van der Waals surface area contributed by atoms with Gasteiger partial charge in [-0.1, -0.05) is 19.3 Å². The van der Waals surface area contributed by atoms with Crippen LogP contribution in [0.5, 0.6) is 0 Å². The summed E-state index contributed by atoms with van der Waals surface area (Å²) in [6, 6.07) is 8.15. The summed E-state index contributed by atoms with van der Waals surface area (Å²) < 4.78 is 15.1. The van der Waals surface area contributed by atoms with Crippen LogP contribution in [0.2, 0.25) is 0 Å². The average Bonchev–Trinajstić information content (AvgIpc) is 2.93. The Morgan fingerprint density at radius 3 is 2.42 bits per heavy atom. The number of nitrogens with zero attached hydrogens (tertiary/aromatic N) is 1. The summed E-state index contributed by atoms with van der Waals surface area (Å²) in [5, 5.41) is 3.12. The van der Waals surface area contributed by atoms with E-state index in [1.54, 1.807) is 18.2 Å². The van der Waals surface area contributed by atoms with Gasteiger partial charge in [0.1, 0.15) is 12.4 Å². The van der Waals surface area contributed by atoms with Crippen LogP contribution in [0.25, 0.3) is 11.3 Å². The Balaban J connectivity index is 1.87. The molecule has 1 heterocycles. The van der Waals surface area contributed by atoms with Crippen LogP contribution in [0.3, 0.4) is 0 Å². The Morgan fingerprint density at radius 1 is 1.15 bits per heavy atom. The summed E-state index contributed by atoms with van der Waals surface area (Å²) >= 11 is 0. The van der Waals surface area contributed by atoms with Crippen LogP contribution >= 0.6 is 0 Å². The molecule has 1 N–H and O–H groups in total. The summed E-state index contributed by atoms with van der Waals surface area (Å²) in [6.07, 6.45) is 5.60. The summed E-state index contributed by atoms with van der Waals surface area (Å²) in [5.74, 6) is -0.406. The molecular formula is C21H25FN2O2. The van der Waals surface area contributed by atoms with E-state index in [0.29, 0.717) is 5.56 Å². The molecule has 3 rings (SSSR count). The number of carbonyl (C=O) groups excluding carboxylic acids is 2. The second-order valence-corrected chi connectivity index (χ2v) is 7.08. The normalized spacial score (nSPS) is 15.0. The molecule has 0 saturated heterocycles. The molecule has 0 radical (unpaired) electrons. The average molecular weight is 356 g/mol. The van der Waals surface area contributed by atoms with Crippen molar-refractivity contribution < 1.29 is 14.0 Å². The smallest absolute Gasteiger partial charge is 0.240 e.